The molecule has 0 saturated heterocycles. The minimum atomic E-state index is -0.229. The molecule has 0 atom stereocenters. The monoisotopic (exact) mass is 308 g/mol. The van der Waals surface area contributed by atoms with Crippen LogP contribution in [0.25, 0.3) is 0 Å². The van der Waals surface area contributed by atoms with Gasteiger partial charge in [-0.05, 0) is 67.6 Å². The Labute approximate surface area is 139 Å². The predicted molar refractivity (Wildman–Crippen MR) is 93.1 cm³/mol. The smallest absolute Gasteiger partial charge is 0.338 e. The first kappa shape index (κ1) is 17.2. The largest absolute Gasteiger partial charge is 0.465 e. The number of aryl methyl sites for hydroxylation is 2. The Morgan fingerprint density at radius 1 is 0.957 bits per heavy atom. The van der Waals surface area contributed by atoms with Crippen LogP contribution in [0.3, 0.4) is 0 Å². The van der Waals surface area contributed by atoms with Crippen molar-refractivity contribution in [3.05, 3.63) is 34.9 Å². The number of benzene rings is 1. The van der Waals surface area contributed by atoms with Crippen LogP contribution in [0, 0.1) is 23.7 Å². The van der Waals surface area contributed by atoms with E-state index >= 15 is 0 Å². The first-order chi connectivity index (χ1) is 11.3. The van der Waals surface area contributed by atoms with Crippen LogP contribution in [-0.4, -0.2) is 13.1 Å². The van der Waals surface area contributed by atoms with Gasteiger partial charge in [-0.25, -0.2) is 4.79 Å². The maximum atomic E-state index is 12.0. The SMILES string of the molecule is COC(=O)c1cc2ccc1CCCCC#CC#CCCCCC2. The summed E-state index contributed by atoms with van der Waals surface area (Å²) in [6, 6.07) is 6.26. The van der Waals surface area contributed by atoms with Gasteiger partial charge in [-0.1, -0.05) is 30.4 Å². The Morgan fingerprint density at radius 3 is 2.39 bits per heavy atom. The summed E-state index contributed by atoms with van der Waals surface area (Å²) >= 11 is 0. The number of hydrogen-bond donors (Lipinski definition) is 0. The van der Waals surface area contributed by atoms with E-state index in [-0.39, 0.29) is 5.97 Å². The van der Waals surface area contributed by atoms with Crippen LogP contribution in [0.4, 0.5) is 0 Å². The quantitative estimate of drug-likeness (QED) is 0.571. The Kier molecular flexibility index (Phi) is 7.28. The highest BCUT2D eigenvalue weighted by molar-refractivity contribution is 5.91. The van der Waals surface area contributed by atoms with Crippen molar-refractivity contribution in [2.24, 2.45) is 0 Å². The summed E-state index contributed by atoms with van der Waals surface area (Å²) in [6.45, 7) is 0. The van der Waals surface area contributed by atoms with Gasteiger partial charge in [-0.15, -0.1) is 0 Å². The van der Waals surface area contributed by atoms with Crippen LogP contribution in [0.2, 0.25) is 0 Å². The molecule has 1 aromatic carbocycles. The number of rotatable bonds is 1. The van der Waals surface area contributed by atoms with Gasteiger partial charge in [0, 0.05) is 12.8 Å². The summed E-state index contributed by atoms with van der Waals surface area (Å²) in [6.07, 6.45) is 9.08. The van der Waals surface area contributed by atoms with E-state index in [1.165, 1.54) is 12.7 Å². The fourth-order valence-electron chi connectivity index (χ4n) is 2.76. The van der Waals surface area contributed by atoms with Crippen molar-refractivity contribution in [2.45, 2.75) is 57.8 Å². The Bertz CT molecular complexity index is 650. The molecule has 0 radical (unpaired) electrons. The Morgan fingerprint density at radius 2 is 1.65 bits per heavy atom. The normalized spacial score (nSPS) is 15.5. The molecule has 1 aromatic rings. The van der Waals surface area contributed by atoms with Crippen molar-refractivity contribution in [1.29, 1.82) is 0 Å². The minimum Gasteiger partial charge on any atom is -0.465 e. The van der Waals surface area contributed by atoms with E-state index in [2.05, 4.69) is 35.8 Å². The molecule has 0 unspecified atom stereocenters. The molecular weight excluding hydrogens is 284 g/mol. The van der Waals surface area contributed by atoms with Crippen LogP contribution in [0.15, 0.2) is 18.2 Å². The molecule has 2 heteroatoms. The molecule has 2 bridgehead atoms. The summed E-state index contributed by atoms with van der Waals surface area (Å²) in [7, 11) is 1.45. The zero-order valence-corrected chi connectivity index (χ0v) is 13.9. The van der Waals surface area contributed by atoms with Crippen LogP contribution < -0.4 is 0 Å². The molecule has 120 valence electrons. The first-order valence-electron chi connectivity index (χ1n) is 8.47. The third-order valence-electron chi connectivity index (χ3n) is 4.08. The average molecular weight is 308 g/mol. The molecule has 0 amide bonds. The second kappa shape index (κ2) is 9.75. The maximum Gasteiger partial charge on any atom is 0.338 e. The second-order valence-corrected chi connectivity index (χ2v) is 5.85. The highest BCUT2D eigenvalue weighted by Crippen LogP contribution is 2.18. The third kappa shape index (κ3) is 5.84. The van der Waals surface area contributed by atoms with E-state index in [1.54, 1.807) is 0 Å². The van der Waals surface area contributed by atoms with Crippen molar-refractivity contribution in [3.8, 4) is 23.7 Å². The Balaban J connectivity index is 2.14. The Hall–Kier alpha value is -2.19. The number of esters is 1. The zero-order chi connectivity index (χ0) is 16.3. The zero-order valence-electron chi connectivity index (χ0n) is 13.9. The molecule has 3 rings (SSSR count). The van der Waals surface area contributed by atoms with Crippen molar-refractivity contribution < 1.29 is 9.53 Å². The lowest BCUT2D eigenvalue weighted by molar-refractivity contribution is 0.0599. The highest BCUT2D eigenvalue weighted by atomic mass is 16.5. The van der Waals surface area contributed by atoms with Crippen LogP contribution in [0.1, 0.15) is 66.4 Å². The van der Waals surface area contributed by atoms with Crippen LogP contribution >= 0.6 is 0 Å². The van der Waals surface area contributed by atoms with Crippen molar-refractivity contribution in [2.75, 3.05) is 7.11 Å². The standard InChI is InChI=1S/C21H24O2/c1-23-21(22)20-17-18-13-11-9-7-5-3-2-4-6-8-10-12-14-19(20)16-15-18/h15-17H,5,7-14H2,1H3. The molecule has 0 aromatic heterocycles. The number of fused-ring (bicyclic) bond motifs is 12. The van der Waals surface area contributed by atoms with Gasteiger partial charge in [0.2, 0.25) is 0 Å². The highest BCUT2D eigenvalue weighted by Gasteiger charge is 2.12. The number of carbonyl (C=O) groups excluding carboxylic acids is 1. The van der Waals surface area contributed by atoms with E-state index in [1.807, 2.05) is 6.07 Å². The molecular formula is C21H24O2. The molecule has 2 aliphatic carbocycles. The van der Waals surface area contributed by atoms with E-state index in [0.717, 1.165) is 68.9 Å². The lowest BCUT2D eigenvalue weighted by atomic mass is 9.96. The van der Waals surface area contributed by atoms with Gasteiger partial charge in [-0.3, -0.25) is 0 Å². The van der Waals surface area contributed by atoms with E-state index in [9.17, 15) is 4.79 Å². The van der Waals surface area contributed by atoms with Crippen molar-refractivity contribution in [1.82, 2.24) is 0 Å². The fourth-order valence-corrected chi connectivity index (χ4v) is 2.76. The van der Waals surface area contributed by atoms with E-state index < -0.39 is 0 Å². The molecule has 0 saturated carbocycles. The molecule has 0 spiro atoms. The molecule has 0 heterocycles. The van der Waals surface area contributed by atoms with Gasteiger partial charge in [-0.2, -0.15) is 0 Å². The predicted octanol–water partition coefficient (Wildman–Crippen LogP) is 4.31. The van der Waals surface area contributed by atoms with Gasteiger partial charge in [0.25, 0.3) is 0 Å². The first-order valence-corrected chi connectivity index (χ1v) is 8.47. The third-order valence-corrected chi connectivity index (χ3v) is 4.08. The van der Waals surface area contributed by atoms with Crippen LogP contribution in [0.5, 0.6) is 0 Å². The average Bonchev–Trinajstić information content (AvgIpc) is 2.58. The number of methoxy groups -OCH3 is 1. The van der Waals surface area contributed by atoms with Crippen molar-refractivity contribution >= 4 is 5.97 Å². The van der Waals surface area contributed by atoms with Gasteiger partial charge in [0.1, 0.15) is 0 Å². The molecule has 23 heavy (non-hydrogen) atoms. The van der Waals surface area contributed by atoms with Crippen molar-refractivity contribution in [3.63, 3.8) is 0 Å². The second-order valence-electron chi connectivity index (χ2n) is 5.85. The van der Waals surface area contributed by atoms with E-state index in [0.29, 0.717) is 0 Å². The van der Waals surface area contributed by atoms with Gasteiger partial charge < -0.3 is 4.74 Å². The lowest BCUT2D eigenvalue weighted by Crippen LogP contribution is -2.07. The summed E-state index contributed by atoms with van der Waals surface area (Å²) < 4.78 is 4.95. The summed E-state index contributed by atoms with van der Waals surface area (Å²) in [4.78, 5) is 12.0. The summed E-state index contributed by atoms with van der Waals surface area (Å²) in [5.74, 6) is 11.9. The molecule has 2 nitrogen and oxygen atoms in total. The number of ether oxygens (including phenoxy) is 1. The molecule has 2 aliphatic rings. The van der Waals surface area contributed by atoms with E-state index in [4.69, 9.17) is 4.74 Å². The summed E-state index contributed by atoms with van der Waals surface area (Å²) in [5.41, 5.74) is 3.02. The van der Waals surface area contributed by atoms with Gasteiger partial charge in [0.15, 0.2) is 0 Å². The minimum absolute atomic E-state index is 0.229. The van der Waals surface area contributed by atoms with Gasteiger partial charge >= 0.3 is 5.97 Å². The topological polar surface area (TPSA) is 26.3 Å². The fraction of sp³-hybridized carbons (Fsp3) is 0.476. The van der Waals surface area contributed by atoms with Gasteiger partial charge in [0.05, 0.1) is 12.7 Å². The van der Waals surface area contributed by atoms with Crippen LogP contribution in [-0.2, 0) is 17.6 Å². The maximum absolute atomic E-state index is 12.0. The molecule has 0 aliphatic heterocycles. The number of carbonyl (C=O) groups is 1. The molecule has 0 N–H and O–H groups in total. The summed E-state index contributed by atoms with van der Waals surface area (Å²) in [5, 5.41) is 0. The molecule has 0 fully saturated rings. The lowest BCUT2D eigenvalue weighted by Gasteiger charge is -2.10. The number of hydrogen-bond acceptors (Lipinski definition) is 2.